The van der Waals surface area contributed by atoms with E-state index < -0.39 is 0 Å². The maximum absolute atomic E-state index is 12.9. The molecule has 0 fully saturated rings. The molecule has 1 heterocycles. The van der Waals surface area contributed by atoms with Crippen molar-refractivity contribution >= 4 is 40.3 Å². The van der Waals surface area contributed by atoms with Gasteiger partial charge in [0.05, 0.1) is 10.7 Å². The summed E-state index contributed by atoms with van der Waals surface area (Å²) in [5, 5.41) is 6.65. The summed E-state index contributed by atoms with van der Waals surface area (Å²) in [7, 11) is 0. The predicted octanol–water partition coefficient (Wildman–Crippen LogP) is 4.34. The van der Waals surface area contributed by atoms with E-state index in [1.165, 1.54) is 18.5 Å². The highest BCUT2D eigenvalue weighted by molar-refractivity contribution is 6.33. The van der Waals surface area contributed by atoms with E-state index in [1.54, 1.807) is 18.2 Å². The molecule has 3 rings (SSSR count). The van der Waals surface area contributed by atoms with Gasteiger partial charge in [-0.1, -0.05) is 23.7 Å². The highest BCUT2D eigenvalue weighted by Crippen LogP contribution is 2.30. The lowest BCUT2D eigenvalue weighted by Crippen LogP contribution is -2.05. The van der Waals surface area contributed by atoms with Crippen molar-refractivity contribution < 1.29 is 4.39 Å². The van der Waals surface area contributed by atoms with E-state index in [0.29, 0.717) is 33.7 Å². The highest BCUT2D eigenvalue weighted by Gasteiger charge is 2.10. The van der Waals surface area contributed by atoms with Gasteiger partial charge in [0.15, 0.2) is 11.6 Å². The van der Waals surface area contributed by atoms with Gasteiger partial charge in [-0.15, -0.1) is 0 Å². The second-order valence-corrected chi connectivity index (χ2v) is 5.13. The lowest BCUT2D eigenvalue weighted by molar-refractivity contribution is 0.628. The van der Waals surface area contributed by atoms with Gasteiger partial charge in [-0.05, 0) is 36.4 Å². The van der Waals surface area contributed by atoms with Crippen LogP contribution in [0.3, 0.4) is 0 Å². The van der Waals surface area contributed by atoms with Gasteiger partial charge < -0.3 is 16.4 Å². The van der Waals surface area contributed by atoms with Crippen molar-refractivity contribution in [2.45, 2.75) is 0 Å². The molecule has 3 aromatic rings. The Morgan fingerprint density at radius 3 is 2.26 bits per heavy atom. The molecule has 0 bridgehead atoms. The van der Waals surface area contributed by atoms with E-state index in [9.17, 15) is 4.39 Å². The number of hydrogen-bond donors (Lipinski definition) is 3. The number of anilines is 5. The number of halogens is 2. The monoisotopic (exact) mass is 329 g/mol. The van der Waals surface area contributed by atoms with Crippen molar-refractivity contribution in [3.63, 3.8) is 0 Å². The minimum Gasteiger partial charge on any atom is -0.393 e. The molecule has 5 nitrogen and oxygen atoms in total. The molecule has 2 aromatic carbocycles. The first kappa shape index (κ1) is 15.1. The zero-order chi connectivity index (χ0) is 16.2. The van der Waals surface area contributed by atoms with Crippen LogP contribution >= 0.6 is 11.6 Å². The Balaban J connectivity index is 1.86. The molecule has 0 radical (unpaired) electrons. The van der Waals surface area contributed by atoms with Crippen LogP contribution in [-0.4, -0.2) is 9.97 Å². The quantitative estimate of drug-likeness (QED) is 0.664. The van der Waals surface area contributed by atoms with E-state index in [-0.39, 0.29) is 5.82 Å². The second-order valence-electron chi connectivity index (χ2n) is 4.72. The molecule has 0 spiro atoms. The number of nitrogens with one attached hydrogen (secondary N) is 2. The van der Waals surface area contributed by atoms with Crippen molar-refractivity contribution in [3.8, 4) is 0 Å². The molecule has 4 N–H and O–H groups in total. The van der Waals surface area contributed by atoms with Gasteiger partial charge in [0, 0.05) is 5.69 Å². The minimum atomic E-state index is -0.313. The first-order chi connectivity index (χ1) is 11.1. The highest BCUT2D eigenvalue weighted by atomic mass is 35.5. The van der Waals surface area contributed by atoms with E-state index in [1.807, 2.05) is 18.2 Å². The number of hydrogen-bond acceptors (Lipinski definition) is 5. The Kier molecular flexibility index (Phi) is 4.25. The molecule has 0 unspecified atom stereocenters. The zero-order valence-electron chi connectivity index (χ0n) is 11.9. The van der Waals surface area contributed by atoms with Crippen molar-refractivity contribution in [1.82, 2.24) is 9.97 Å². The molecule has 23 heavy (non-hydrogen) atoms. The van der Waals surface area contributed by atoms with E-state index >= 15 is 0 Å². The van der Waals surface area contributed by atoms with Crippen molar-refractivity contribution in [1.29, 1.82) is 0 Å². The molecular formula is C16H13ClFN5. The number of aromatic nitrogens is 2. The Morgan fingerprint density at radius 2 is 1.57 bits per heavy atom. The first-order valence-electron chi connectivity index (χ1n) is 6.78. The summed E-state index contributed by atoms with van der Waals surface area (Å²) in [5.74, 6) is 0.533. The Morgan fingerprint density at radius 1 is 0.913 bits per heavy atom. The number of nitrogens with two attached hydrogens (primary N) is 1. The molecule has 7 heteroatoms. The topological polar surface area (TPSA) is 75.9 Å². The maximum Gasteiger partial charge on any atom is 0.159 e. The SMILES string of the molecule is Nc1c(Nc2ccc(F)cc2)ncnc1Nc1ccccc1Cl. The normalized spacial score (nSPS) is 10.3. The third kappa shape index (κ3) is 3.49. The minimum absolute atomic E-state index is 0.313. The van der Waals surface area contributed by atoms with Crippen LogP contribution in [-0.2, 0) is 0 Å². The van der Waals surface area contributed by atoms with Crippen LogP contribution in [0, 0.1) is 5.82 Å². The van der Waals surface area contributed by atoms with Crippen molar-refractivity contribution in [2.24, 2.45) is 0 Å². The van der Waals surface area contributed by atoms with Gasteiger partial charge in [0.25, 0.3) is 0 Å². The van der Waals surface area contributed by atoms with Crippen molar-refractivity contribution in [3.05, 3.63) is 65.7 Å². The van der Waals surface area contributed by atoms with E-state index in [0.717, 1.165) is 0 Å². The van der Waals surface area contributed by atoms with Crippen LogP contribution in [0.25, 0.3) is 0 Å². The Bertz CT molecular complexity index is 823. The Labute approximate surface area is 137 Å². The summed E-state index contributed by atoms with van der Waals surface area (Å²) in [6.07, 6.45) is 1.38. The van der Waals surface area contributed by atoms with Gasteiger partial charge in [0.2, 0.25) is 0 Å². The van der Waals surface area contributed by atoms with E-state index in [2.05, 4.69) is 20.6 Å². The van der Waals surface area contributed by atoms with Crippen LogP contribution in [0.1, 0.15) is 0 Å². The Hall–Kier alpha value is -2.86. The van der Waals surface area contributed by atoms with Crippen molar-refractivity contribution in [2.75, 3.05) is 16.4 Å². The fourth-order valence-electron chi connectivity index (χ4n) is 1.95. The molecular weight excluding hydrogens is 317 g/mol. The van der Waals surface area contributed by atoms with Crippen LogP contribution in [0.4, 0.5) is 33.1 Å². The molecule has 0 saturated carbocycles. The van der Waals surface area contributed by atoms with E-state index in [4.69, 9.17) is 17.3 Å². The molecule has 0 atom stereocenters. The average molecular weight is 330 g/mol. The molecule has 0 saturated heterocycles. The standard InChI is InChI=1S/C16H13ClFN5/c17-12-3-1-2-4-13(12)23-16-14(19)15(20-9-21-16)22-11-7-5-10(18)6-8-11/h1-9H,19H2,(H2,20,21,22,23). The predicted molar refractivity (Wildman–Crippen MR) is 90.9 cm³/mol. The number of nitrogens with zero attached hydrogens (tertiary/aromatic N) is 2. The zero-order valence-corrected chi connectivity index (χ0v) is 12.7. The summed E-state index contributed by atoms with van der Waals surface area (Å²) >= 11 is 6.11. The van der Waals surface area contributed by atoms with Gasteiger partial charge in [0.1, 0.15) is 17.8 Å². The molecule has 0 aliphatic heterocycles. The molecule has 0 amide bonds. The number of para-hydroxylation sites is 1. The van der Waals surface area contributed by atoms with Crippen LogP contribution < -0.4 is 16.4 Å². The van der Waals surface area contributed by atoms with Crippen LogP contribution in [0.15, 0.2) is 54.9 Å². The summed E-state index contributed by atoms with van der Waals surface area (Å²) in [6.45, 7) is 0. The van der Waals surface area contributed by atoms with Gasteiger partial charge in [-0.3, -0.25) is 0 Å². The summed E-state index contributed by atoms with van der Waals surface area (Å²) in [5.41, 5.74) is 7.78. The second kappa shape index (κ2) is 6.50. The van der Waals surface area contributed by atoms with Crippen LogP contribution in [0.2, 0.25) is 5.02 Å². The third-order valence-corrected chi connectivity index (χ3v) is 3.45. The third-order valence-electron chi connectivity index (χ3n) is 3.12. The van der Waals surface area contributed by atoms with Crippen LogP contribution in [0.5, 0.6) is 0 Å². The fraction of sp³-hybridized carbons (Fsp3) is 0. The largest absolute Gasteiger partial charge is 0.393 e. The first-order valence-corrected chi connectivity index (χ1v) is 7.16. The van der Waals surface area contributed by atoms with Gasteiger partial charge in [-0.25, -0.2) is 14.4 Å². The lowest BCUT2D eigenvalue weighted by Gasteiger charge is -2.13. The number of rotatable bonds is 4. The smallest absolute Gasteiger partial charge is 0.159 e. The molecule has 116 valence electrons. The number of benzene rings is 2. The summed E-state index contributed by atoms with van der Waals surface area (Å²) in [6, 6.07) is 13.2. The lowest BCUT2D eigenvalue weighted by atomic mass is 10.3. The average Bonchev–Trinajstić information content (AvgIpc) is 2.55. The molecule has 0 aliphatic carbocycles. The summed E-state index contributed by atoms with van der Waals surface area (Å²) in [4.78, 5) is 8.23. The summed E-state index contributed by atoms with van der Waals surface area (Å²) < 4.78 is 12.9. The maximum atomic E-state index is 12.9. The fourth-order valence-corrected chi connectivity index (χ4v) is 2.14. The number of nitrogen functional groups attached to an aromatic ring is 1. The van der Waals surface area contributed by atoms with Gasteiger partial charge in [-0.2, -0.15) is 0 Å². The molecule has 1 aromatic heterocycles. The van der Waals surface area contributed by atoms with Gasteiger partial charge >= 0.3 is 0 Å². The molecule has 0 aliphatic rings.